The lowest BCUT2D eigenvalue weighted by Crippen LogP contribution is -2.30. The van der Waals surface area contributed by atoms with Gasteiger partial charge in [-0.3, -0.25) is 9.59 Å². The maximum absolute atomic E-state index is 13.2. The van der Waals surface area contributed by atoms with E-state index in [1.54, 1.807) is 31.4 Å². The molecule has 28 heavy (non-hydrogen) atoms. The van der Waals surface area contributed by atoms with Gasteiger partial charge in [0.15, 0.2) is 0 Å². The van der Waals surface area contributed by atoms with E-state index in [1.165, 1.54) is 4.90 Å². The average molecular weight is 376 g/mol. The molecule has 0 radical (unpaired) electrons. The first-order valence-electron chi connectivity index (χ1n) is 9.72. The number of rotatable bonds is 6. The van der Waals surface area contributed by atoms with Crippen molar-refractivity contribution in [2.45, 2.75) is 38.6 Å². The topological polar surface area (TPSA) is 51.5 Å². The summed E-state index contributed by atoms with van der Waals surface area (Å²) < 4.78 is 7.45. The fourth-order valence-corrected chi connectivity index (χ4v) is 3.96. The van der Waals surface area contributed by atoms with Crippen LogP contribution in [-0.4, -0.2) is 23.5 Å². The van der Waals surface area contributed by atoms with Gasteiger partial charge < -0.3 is 9.30 Å². The van der Waals surface area contributed by atoms with E-state index in [2.05, 4.69) is 23.8 Å². The van der Waals surface area contributed by atoms with E-state index in [1.807, 2.05) is 18.2 Å². The summed E-state index contributed by atoms with van der Waals surface area (Å²) >= 11 is 0. The summed E-state index contributed by atoms with van der Waals surface area (Å²) in [6.07, 6.45) is 4.43. The van der Waals surface area contributed by atoms with Crippen LogP contribution in [-0.2, 0) is 16.1 Å². The van der Waals surface area contributed by atoms with Gasteiger partial charge >= 0.3 is 0 Å². The van der Waals surface area contributed by atoms with Gasteiger partial charge in [0.1, 0.15) is 5.75 Å². The second kappa shape index (κ2) is 7.50. The number of aromatic nitrogens is 1. The van der Waals surface area contributed by atoms with Crippen molar-refractivity contribution in [3.05, 3.63) is 60.3 Å². The average Bonchev–Trinajstić information content (AvgIpc) is 3.23. The molecule has 1 aliphatic heterocycles. The molecule has 0 aliphatic carbocycles. The van der Waals surface area contributed by atoms with Crippen LogP contribution in [0.3, 0.4) is 0 Å². The number of carbonyl (C=O) groups excluding carboxylic acids is 2. The molecule has 1 atom stereocenters. The highest BCUT2D eigenvalue weighted by molar-refractivity contribution is 6.23. The molecule has 144 valence electrons. The van der Waals surface area contributed by atoms with E-state index in [-0.39, 0.29) is 18.2 Å². The van der Waals surface area contributed by atoms with Crippen LogP contribution >= 0.6 is 0 Å². The fraction of sp³-hybridized carbons (Fsp3) is 0.304. The maximum Gasteiger partial charge on any atom is 0.241 e. The van der Waals surface area contributed by atoms with Gasteiger partial charge in [-0.1, -0.05) is 37.6 Å². The SMILES string of the molecule is CCCCn1cc(C2CC(=O)N(c3cccc(OC)c3)C2=O)c2ccccc21. The molecule has 0 spiro atoms. The van der Waals surface area contributed by atoms with Gasteiger partial charge in [0, 0.05) is 36.1 Å². The van der Waals surface area contributed by atoms with Crippen LogP contribution in [0.2, 0.25) is 0 Å². The van der Waals surface area contributed by atoms with Gasteiger partial charge in [-0.05, 0) is 30.2 Å². The number of para-hydroxylation sites is 1. The minimum atomic E-state index is -0.452. The summed E-state index contributed by atoms with van der Waals surface area (Å²) in [5.74, 6) is -0.172. The monoisotopic (exact) mass is 376 g/mol. The Labute approximate surface area is 164 Å². The number of nitrogens with zero attached hydrogens (tertiary/aromatic N) is 2. The number of benzene rings is 2. The summed E-state index contributed by atoms with van der Waals surface area (Å²) in [4.78, 5) is 27.3. The van der Waals surface area contributed by atoms with E-state index >= 15 is 0 Å². The number of fused-ring (bicyclic) bond motifs is 1. The Hall–Kier alpha value is -3.08. The van der Waals surface area contributed by atoms with Gasteiger partial charge in [-0.15, -0.1) is 0 Å². The Balaban J connectivity index is 1.72. The largest absolute Gasteiger partial charge is 0.497 e. The molecule has 0 bridgehead atoms. The smallest absolute Gasteiger partial charge is 0.241 e. The molecule has 2 amide bonds. The number of carbonyl (C=O) groups is 2. The third-order valence-corrected chi connectivity index (χ3v) is 5.41. The number of methoxy groups -OCH3 is 1. The van der Waals surface area contributed by atoms with Crippen molar-refractivity contribution in [3.8, 4) is 5.75 Å². The highest BCUT2D eigenvalue weighted by Crippen LogP contribution is 2.38. The summed E-state index contributed by atoms with van der Waals surface area (Å²) in [5, 5.41) is 1.05. The van der Waals surface area contributed by atoms with Gasteiger partial charge in [0.05, 0.1) is 18.7 Å². The molecule has 5 heteroatoms. The summed E-state index contributed by atoms with van der Waals surface area (Å²) in [6.45, 7) is 3.07. The van der Waals surface area contributed by atoms with Gasteiger partial charge in [-0.2, -0.15) is 0 Å². The molecule has 1 aromatic heterocycles. The highest BCUT2D eigenvalue weighted by Gasteiger charge is 2.41. The van der Waals surface area contributed by atoms with E-state index in [0.717, 1.165) is 35.9 Å². The molecule has 2 aromatic carbocycles. The van der Waals surface area contributed by atoms with E-state index in [0.29, 0.717) is 11.4 Å². The molecule has 1 aliphatic rings. The molecule has 2 heterocycles. The number of unbranched alkanes of at least 4 members (excludes halogenated alkanes) is 1. The third kappa shape index (κ3) is 3.07. The van der Waals surface area contributed by atoms with Crippen LogP contribution in [0.25, 0.3) is 10.9 Å². The van der Waals surface area contributed by atoms with E-state index in [4.69, 9.17) is 4.74 Å². The van der Waals surface area contributed by atoms with Crippen LogP contribution in [0, 0.1) is 0 Å². The molecule has 1 unspecified atom stereocenters. The van der Waals surface area contributed by atoms with Gasteiger partial charge in [0.25, 0.3) is 0 Å². The molecule has 1 fully saturated rings. The number of ether oxygens (including phenoxy) is 1. The Morgan fingerprint density at radius 2 is 1.93 bits per heavy atom. The van der Waals surface area contributed by atoms with Crippen LogP contribution < -0.4 is 9.64 Å². The summed E-state index contributed by atoms with van der Waals surface area (Å²) in [7, 11) is 1.57. The molecule has 1 saturated heterocycles. The number of anilines is 1. The third-order valence-electron chi connectivity index (χ3n) is 5.41. The number of imide groups is 1. The Bertz CT molecular complexity index is 1040. The standard InChI is InChI=1S/C23H24N2O3/c1-3-4-12-24-15-20(18-10-5-6-11-21(18)24)19-14-22(26)25(23(19)27)16-8-7-9-17(13-16)28-2/h5-11,13,15,19H,3-4,12,14H2,1-2H3. The molecule has 3 aromatic rings. The predicted molar refractivity (Wildman–Crippen MR) is 110 cm³/mol. The molecular formula is C23H24N2O3. The van der Waals surface area contributed by atoms with Crippen molar-refractivity contribution in [1.82, 2.24) is 4.57 Å². The lowest BCUT2D eigenvalue weighted by atomic mass is 9.97. The van der Waals surface area contributed by atoms with Crippen molar-refractivity contribution >= 4 is 28.4 Å². The highest BCUT2D eigenvalue weighted by atomic mass is 16.5. The molecule has 0 N–H and O–H groups in total. The number of amides is 2. The van der Waals surface area contributed by atoms with Crippen molar-refractivity contribution < 1.29 is 14.3 Å². The Morgan fingerprint density at radius 3 is 2.71 bits per heavy atom. The van der Waals surface area contributed by atoms with E-state index < -0.39 is 5.92 Å². The van der Waals surface area contributed by atoms with Crippen molar-refractivity contribution in [3.63, 3.8) is 0 Å². The van der Waals surface area contributed by atoms with Crippen LogP contribution in [0.15, 0.2) is 54.7 Å². The molecular weight excluding hydrogens is 352 g/mol. The number of hydrogen-bond donors (Lipinski definition) is 0. The summed E-state index contributed by atoms with van der Waals surface area (Å²) in [5.41, 5.74) is 2.62. The second-order valence-corrected chi connectivity index (χ2v) is 7.17. The zero-order valence-corrected chi connectivity index (χ0v) is 16.2. The predicted octanol–water partition coefficient (Wildman–Crippen LogP) is 4.50. The zero-order valence-electron chi connectivity index (χ0n) is 16.2. The molecule has 0 saturated carbocycles. The zero-order chi connectivity index (χ0) is 19.7. The minimum Gasteiger partial charge on any atom is -0.497 e. The number of hydrogen-bond acceptors (Lipinski definition) is 3. The number of aryl methyl sites for hydroxylation is 1. The first kappa shape index (κ1) is 18.3. The maximum atomic E-state index is 13.2. The molecule has 4 rings (SSSR count). The first-order chi connectivity index (χ1) is 13.6. The lowest BCUT2D eigenvalue weighted by molar-refractivity contribution is -0.121. The summed E-state index contributed by atoms with van der Waals surface area (Å²) in [6, 6.07) is 15.2. The molecule has 5 nitrogen and oxygen atoms in total. The van der Waals surface area contributed by atoms with Crippen molar-refractivity contribution in [2.24, 2.45) is 0 Å². The van der Waals surface area contributed by atoms with Crippen LogP contribution in [0.1, 0.15) is 37.7 Å². The van der Waals surface area contributed by atoms with E-state index in [9.17, 15) is 9.59 Å². The fourth-order valence-electron chi connectivity index (χ4n) is 3.96. The minimum absolute atomic E-state index is 0.170. The van der Waals surface area contributed by atoms with Crippen molar-refractivity contribution in [1.29, 1.82) is 0 Å². The Kier molecular flexibility index (Phi) is 4.90. The quantitative estimate of drug-likeness (QED) is 0.595. The van der Waals surface area contributed by atoms with Crippen molar-refractivity contribution in [2.75, 3.05) is 12.0 Å². The Morgan fingerprint density at radius 1 is 1.11 bits per heavy atom. The van der Waals surface area contributed by atoms with Crippen LogP contribution in [0.5, 0.6) is 5.75 Å². The normalized spacial score (nSPS) is 16.9. The first-order valence-corrected chi connectivity index (χ1v) is 9.72. The van der Waals surface area contributed by atoms with Gasteiger partial charge in [-0.25, -0.2) is 4.90 Å². The lowest BCUT2D eigenvalue weighted by Gasteiger charge is -2.15. The second-order valence-electron chi connectivity index (χ2n) is 7.17. The van der Waals surface area contributed by atoms with Gasteiger partial charge in [0.2, 0.25) is 11.8 Å². The van der Waals surface area contributed by atoms with Crippen LogP contribution in [0.4, 0.5) is 5.69 Å².